The van der Waals surface area contributed by atoms with Gasteiger partial charge in [-0.1, -0.05) is 33.6 Å². The molecule has 152 valence electrons. The molecule has 1 aromatic heterocycles. The van der Waals surface area contributed by atoms with E-state index in [2.05, 4.69) is 36.4 Å². The molecule has 7 heteroatoms. The van der Waals surface area contributed by atoms with Gasteiger partial charge in [-0.25, -0.2) is 9.78 Å². The maximum absolute atomic E-state index is 12.6. The summed E-state index contributed by atoms with van der Waals surface area (Å²) in [6, 6.07) is 0. The fourth-order valence-corrected chi connectivity index (χ4v) is 4.10. The van der Waals surface area contributed by atoms with Crippen molar-refractivity contribution in [2.24, 2.45) is 0 Å². The van der Waals surface area contributed by atoms with Gasteiger partial charge in [0.05, 0.1) is 22.7 Å². The molecular formula is C20H33N3O3S. The Balaban J connectivity index is 1.93. The molecule has 0 aromatic carbocycles. The Hall–Kier alpha value is -1.63. The van der Waals surface area contributed by atoms with Crippen molar-refractivity contribution in [1.29, 1.82) is 0 Å². The smallest absolute Gasteiger partial charge is 0.407 e. The van der Waals surface area contributed by atoms with E-state index >= 15 is 0 Å². The summed E-state index contributed by atoms with van der Waals surface area (Å²) in [4.78, 5) is 29.2. The third kappa shape index (κ3) is 6.79. The number of ether oxygens (including phenoxy) is 1. The first kappa shape index (κ1) is 21.7. The number of alkyl carbamates (subject to hydrolysis) is 1. The number of rotatable bonds is 5. The molecule has 27 heavy (non-hydrogen) atoms. The maximum atomic E-state index is 12.6. The first-order valence-electron chi connectivity index (χ1n) is 9.61. The highest BCUT2D eigenvalue weighted by Gasteiger charge is 2.36. The summed E-state index contributed by atoms with van der Waals surface area (Å²) in [6.07, 6.45) is 3.62. The van der Waals surface area contributed by atoms with Crippen LogP contribution in [0.4, 0.5) is 4.79 Å². The Morgan fingerprint density at radius 1 is 1.19 bits per heavy atom. The molecule has 2 rings (SSSR count). The normalized spacial score (nSPS) is 16.8. The molecular weight excluding hydrogens is 362 g/mol. The Morgan fingerprint density at radius 3 is 2.33 bits per heavy atom. The Morgan fingerprint density at radius 2 is 1.81 bits per heavy atom. The number of hydrogen-bond donors (Lipinski definition) is 2. The molecule has 1 aliphatic carbocycles. The maximum Gasteiger partial charge on any atom is 0.407 e. The van der Waals surface area contributed by atoms with Gasteiger partial charge in [0.1, 0.15) is 5.60 Å². The molecule has 1 aliphatic rings. The van der Waals surface area contributed by atoms with Crippen molar-refractivity contribution in [3.63, 3.8) is 0 Å². The van der Waals surface area contributed by atoms with E-state index in [0.29, 0.717) is 6.54 Å². The van der Waals surface area contributed by atoms with Crippen LogP contribution in [0.1, 0.15) is 77.9 Å². The number of thiazole rings is 1. The van der Waals surface area contributed by atoms with Crippen molar-refractivity contribution in [3.05, 3.63) is 16.1 Å². The van der Waals surface area contributed by atoms with Gasteiger partial charge in [-0.05, 0) is 33.6 Å². The fraction of sp³-hybridized carbons (Fsp3) is 0.750. The molecule has 0 spiro atoms. The Kier molecular flexibility index (Phi) is 6.55. The van der Waals surface area contributed by atoms with Gasteiger partial charge in [0.15, 0.2) is 0 Å². The predicted molar refractivity (Wildman–Crippen MR) is 108 cm³/mol. The summed E-state index contributed by atoms with van der Waals surface area (Å²) in [5.41, 5.74) is -0.137. The van der Waals surface area contributed by atoms with E-state index in [0.717, 1.165) is 36.4 Å². The molecule has 1 fully saturated rings. The van der Waals surface area contributed by atoms with Crippen LogP contribution in [0.25, 0.3) is 0 Å². The molecule has 0 bridgehead atoms. The minimum absolute atomic E-state index is 0.0105. The number of hydrogen-bond acceptors (Lipinski definition) is 5. The predicted octanol–water partition coefficient (Wildman–Crippen LogP) is 3.94. The van der Waals surface area contributed by atoms with E-state index in [9.17, 15) is 9.59 Å². The van der Waals surface area contributed by atoms with Gasteiger partial charge in [0.25, 0.3) is 0 Å². The highest BCUT2D eigenvalue weighted by Crippen LogP contribution is 2.30. The fourth-order valence-electron chi connectivity index (χ4n) is 3.19. The quantitative estimate of drug-likeness (QED) is 0.791. The molecule has 0 unspecified atom stereocenters. The van der Waals surface area contributed by atoms with Crippen molar-refractivity contribution in [2.75, 3.05) is 6.54 Å². The SMILES string of the molecule is CC(C)(C)OC(=O)NCC1(NC(=O)Cc2csc(C(C)(C)C)n2)CCCC1. The van der Waals surface area contributed by atoms with E-state index in [4.69, 9.17) is 4.74 Å². The monoisotopic (exact) mass is 395 g/mol. The van der Waals surface area contributed by atoms with Crippen LogP contribution in [0.3, 0.4) is 0 Å². The summed E-state index contributed by atoms with van der Waals surface area (Å²) in [6.45, 7) is 12.2. The van der Waals surface area contributed by atoms with Crippen molar-refractivity contribution < 1.29 is 14.3 Å². The van der Waals surface area contributed by atoms with Crippen LogP contribution in [-0.2, 0) is 21.4 Å². The first-order valence-corrected chi connectivity index (χ1v) is 10.5. The molecule has 1 heterocycles. The van der Waals surface area contributed by atoms with Crippen LogP contribution < -0.4 is 10.6 Å². The molecule has 0 atom stereocenters. The number of nitrogens with zero attached hydrogens (tertiary/aromatic N) is 1. The summed E-state index contributed by atoms with van der Waals surface area (Å²) >= 11 is 1.60. The van der Waals surface area contributed by atoms with Crippen LogP contribution >= 0.6 is 11.3 Å². The third-order valence-electron chi connectivity index (χ3n) is 4.47. The Labute approximate surface area is 166 Å². The topological polar surface area (TPSA) is 80.3 Å². The lowest BCUT2D eigenvalue weighted by atomic mass is 9.97. The van der Waals surface area contributed by atoms with Crippen LogP contribution in [0.5, 0.6) is 0 Å². The van der Waals surface area contributed by atoms with Gasteiger partial charge >= 0.3 is 6.09 Å². The molecule has 2 N–H and O–H groups in total. The Bertz CT molecular complexity index is 665. The zero-order valence-corrected chi connectivity index (χ0v) is 18.2. The minimum Gasteiger partial charge on any atom is -0.444 e. The van der Waals surface area contributed by atoms with E-state index in [1.165, 1.54) is 0 Å². The van der Waals surface area contributed by atoms with Crippen LogP contribution in [-0.4, -0.2) is 34.7 Å². The largest absolute Gasteiger partial charge is 0.444 e. The summed E-state index contributed by atoms with van der Waals surface area (Å²) in [5, 5.41) is 8.98. The van der Waals surface area contributed by atoms with Crippen LogP contribution in [0, 0.1) is 0 Å². The average Bonchev–Trinajstić information content (AvgIpc) is 3.13. The van der Waals surface area contributed by atoms with E-state index in [1.807, 2.05) is 26.2 Å². The van der Waals surface area contributed by atoms with Crippen LogP contribution in [0.15, 0.2) is 5.38 Å². The lowest BCUT2D eigenvalue weighted by molar-refractivity contribution is -0.122. The second-order valence-corrected chi connectivity index (χ2v) is 10.3. The van der Waals surface area contributed by atoms with Gasteiger partial charge in [0, 0.05) is 17.3 Å². The molecule has 2 amide bonds. The van der Waals surface area contributed by atoms with E-state index in [1.54, 1.807) is 11.3 Å². The van der Waals surface area contributed by atoms with Crippen LogP contribution in [0.2, 0.25) is 0 Å². The van der Waals surface area contributed by atoms with Crippen molar-refractivity contribution in [1.82, 2.24) is 15.6 Å². The standard InChI is InChI=1S/C20H33N3O3S/c1-18(2,3)16-22-14(12-27-16)11-15(24)23-20(9-7-8-10-20)13-21-17(25)26-19(4,5)6/h12H,7-11,13H2,1-6H3,(H,21,25)(H,23,24). The molecule has 1 saturated carbocycles. The van der Waals surface area contributed by atoms with Crippen molar-refractivity contribution in [3.8, 4) is 0 Å². The number of amides is 2. The van der Waals surface area contributed by atoms with Gasteiger partial charge in [0.2, 0.25) is 5.91 Å². The van der Waals surface area contributed by atoms with Crippen molar-refractivity contribution in [2.45, 2.75) is 90.2 Å². The summed E-state index contributed by atoms with van der Waals surface area (Å²) in [5.74, 6) is -0.0475. The van der Waals surface area contributed by atoms with Gasteiger partial charge in [-0.2, -0.15) is 0 Å². The second-order valence-electron chi connectivity index (χ2n) is 9.46. The number of carbonyl (C=O) groups excluding carboxylic acids is 2. The average molecular weight is 396 g/mol. The summed E-state index contributed by atoms with van der Waals surface area (Å²) < 4.78 is 5.31. The number of aromatic nitrogens is 1. The number of nitrogens with one attached hydrogen (secondary N) is 2. The second kappa shape index (κ2) is 8.17. The molecule has 0 radical (unpaired) electrons. The lowest BCUT2D eigenvalue weighted by Gasteiger charge is -2.31. The highest BCUT2D eigenvalue weighted by atomic mass is 32.1. The number of carbonyl (C=O) groups is 2. The summed E-state index contributed by atoms with van der Waals surface area (Å²) in [7, 11) is 0. The third-order valence-corrected chi connectivity index (χ3v) is 5.79. The first-order chi connectivity index (χ1) is 12.4. The molecule has 0 aliphatic heterocycles. The zero-order valence-electron chi connectivity index (χ0n) is 17.4. The molecule has 6 nitrogen and oxygen atoms in total. The molecule has 0 saturated heterocycles. The zero-order chi connectivity index (χ0) is 20.3. The minimum atomic E-state index is -0.536. The van der Waals surface area contributed by atoms with Crippen molar-refractivity contribution >= 4 is 23.3 Å². The van der Waals surface area contributed by atoms with E-state index < -0.39 is 17.2 Å². The lowest BCUT2D eigenvalue weighted by Crippen LogP contribution is -2.54. The van der Waals surface area contributed by atoms with Gasteiger partial charge < -0.3 is 15.4 Å². The van der Waals surface area contributed by atoms with E-state index in [-0.39, 0.29) is 17.7 Å². The van der Waals surface area contributed by atoms with Gasteiger partial charge in [-0.3, -0.25) is 4.79 Å². The van der Waals surface area contributed by atoms with Gasteiger partial charge in [-0.15, -0.1) is 11.3 Å². The molecule has 1 aromatic rings. The highest BCUT2D eigenvalue weighted by molar-refractivity contribution is 7.09.